The molecule has 0 saturated heterocycles. The van der Waals surface area contributed by atoms with Crippen molar-refractivity contribution in [1.82, 2.24) is 0 Å². The minimum atomic E-state index is -1.62. The molecule has 0 saturated carbocycles. The number of benzene rings is 1. The summed E-state index contributed by atoms with van der Waals surface area (Å²) in [5, 5.41) is 0. The van der Waals surface area contributed by atoms with Crippen LogP contribution in [0.5, 0.6) is 0 Å². The second-order valence-electron chi connectivity index (χ2n) is 4.38. The van der Waals surface area contributed by atoms with E-state index in [0.717, 1.165) is 6.21 Å². The zero-order chi connectivity index (χ0) is 13.2. The van der Waals surface area contributed by atoms with E-state index < -0.39 is 38.7 Å². The van der Waals surface area contributed by atoms with Gasteiger partial charge in [0.25, 0.3) is 0 Å². The van der Waals surface area contributed by atoms with Crippen LogP contribution in [0, 0.1) is 17.5 Å². The zero-order valence-electron chi connectivity index (χ0n) is 9.63. The molecule has 0 amide bonds. The van der Waals surface area contributed by atoms with Crippen LogP contribution in [0.25, 0.3) is 0 Å². The fraction of sp³-hybridized carbons (Fsp3) is 0.364. The summed E-state index contributed by atoms with van der Waals surface area (Å²) in [6.07, 6.45) is 0.825. The van der Waals surface area contributed by atoms with Gasteiger partial charge in [-0.05, 0) is 20.8 Å². The van der Waals surface area contributed by atoms with E-state index >= 15 is 0 Å². The Hall–Kier alpha value is -1.17. The Balaban J connectivity index is 3.05. The van der Waals surface area contributed by atoms with Gasteiger partial charge in [0.05, 0.1) is 16.5 Å². The van der Waals surface area contributed by atoms with Crippen LogP contribution >= 0.6 is 0 Å². The third kappa shape index (κ3) is 3.66. The summed E-state index contributed by atoms with van der Waals surface area (Å²) in [7, 11) is -1.62. The Kier molecular flexibility index (Phi) is 4.08. The number of halogens is 3. The maximum atomic E-state index is 13.2. The minimum Gasteiger partial charge on any atom is -0.234 e. The maximum Gasteiger partial charge on any atom is 0.144 e. The second kappa shape index (κ2) is 5.00. The van der Waals surface area contributed by atoms with Crippen LogP contribution in [-0.2, 0) is 11.0 Å². The third-order valence-corrected chi connectivity index (χ3v) is 3.19. The highest BCUT2D eigenvalue weighted by molar-refractivity contribution is 7.85. The predicted octanol–water partition coefficient (Wildman–Crippen LogP) is 2.99. The van der Waals surface area contributed by atoms with Crippen LogP contribution in [-0.4, -0.2) is 15.2 Å². The van der Waals surface area contributed by atoms with Crippen LogP contribution < -0.4 is 0 Å². The van der Waals surface area contributed by atoms with Crippen LogP contribution in [0.4, 0.5) is 13.2 Å². The van der Waals surface area contributed by atoms with Gasteiger partial charge in [0.15, 0.2) is 0 Å². The fourth-order valence-corrected chi connectivity index (χ4v) is 1.45. The molecule has 0 N–H and O–H groups in total. The quantitative estimate of drug-likeness (QED) is 0.754. The van der Waals surface area contributed by atoms with Crippen molar-refractivity contribution in [2.24, 2.45) is 4.40 Å². The van der Waals surface area contributed by atoms with Gasteiger partial charge in [-0.1, -0.05) is 0 Å². The van der Waals surface area contributed by atoms with Crippen molar-refractivity contribution in [3.8, 4) is 0 Å². The number of nitrogens with zero attached hydrogens (tertiary/aromatic N) is 1. The molecule has 1 atom stereocenters. The first-order chi connectivity index (χ1) is 7.71. The molecule has 2 nitrogen and oxygen atoms in total. The van der Waals surface area contributed by atoms with Gasteiger partial charge in [-0.25, -0.2) is 17.4 Å². The van der Waals surface area contributed by atoms with Crippen molar-refractivity contribution < 1.29 is 17.4 Å². The molecule has 0 radical (unpaired) electrons. The molecule has 0 aliphatic rings. The molecule has 1 aromatic rings. The van der Waals surface area contributed by atoms with E-state index in [4.69, 9.17) is 0 Å². The highest BCUT2D eigenvalue weighted by atomic mass is 32.2. The molecule has 1 rings (SSSR count). The lowest BCUT2D eigenvalue weighted by Gasteiger charge is -2.12. The van der Waals surface area contributed by atoms with Crippen molar-refractivity contribution >= 4 is 17.2 Å². The normalized spacial score (nSPS) is 14.2. The average Bonchev–Trinajstić information content (AvgIpc) is 2.13. The largest absolute Gasteiger partial charge is 0.234 e. The van der Waals surface area contributed by atoms with Gasteiger partial charge in [0.1, 0.15) is 28.4 Å². The Morgan fingerprint density at radius 2 is 1.65 bits per heavy atom. The highest BCUT2D eigenvalue weighted by Gasteiger charge is 2.19. The molecule has 0 spiro atoms. The first-order valence-corrected chi connectivity index (χ1v) is 5.93. The van der Waals surface area contributed by atoms with Crippen LogP contribution in [0.1, 0.15) is 26.3 Å². The Morgan fingerprint density at radius 3 is 2.06 bits per heavy atom. The predicted molar refractivity (Wildman–Crippen MR) is 61.8 cm³/mol. The second-order valence-corrected chi connectivity index (χ2v) is 6.31. The van der Waals surface area contributed by atoms with Gasteiger partial charge in [-0.2, -0.15) is 4.40 Å². The summed E-state index contributed by atoms with van der Waals surface area (Å²) in [6.45, 7) is 5.04. The molecular weight excluding hydrogens is 251 g/mol. The van der Waals surface area contributed by atoms with Gasteiger partial charge in [-0.15, -0.1) is 0 Å². The van der Waals surface area contributed by atoms with Crippen molar-refractivity contribution in [1.29, 1.82) is 0 Å². The first-order valence-electron chi connectivity index (χ1n) is 4.82. The van der Waals surface area contributed by atoms with Crippen molar-refractivity contribution in [3.63, 3.8) is 0 Å². The SMILES string of the molecule is CC(C)(C)[S@](=O)/N=C/c1c(F)cc(F)cc1F. The Bertz CT molecular complexity index is 457. The summed E-state index contributed by atoms with van der Waals surface area (Å²) in [6, 6.07) is 1.09. The lowest BCUT2D eigenvalue weighted by atomic mass is 10.2. The van der Waals surface area contributed by atoms with E-state index in [1.54, 1.807) is 20.8 Å². The van der Waals surface area contributed by atoms with Crippen LogP contribution in [0.15, 0.2) is 16.5 Å². The lowest BCUT2D eigenvalue weighted by molar-refractivity contribution is 0.541. The Labute approximate surface area is 100 Å². The van der Waals surface area contributed by atoms with Gasteiger partial charge in [0, 0.05) is 12.1 Å². The minimum absolute atomic E-state index is 0.496. The summed E-state index contributed by atoms with van der Waals surface area (Å²) in [4.78, 5) is 0. The summed E-state index contributed by atoms with van der Waals surface area (Å²) in [5.41, 5.74) is -0.496. The maximum absolute atomic E-state index is 13.2. The van der Waals surface area contributed by atoms with Crippen LogP contribution in [0.3, 0.4) is 0 Å². The molecule has 0 aromatic heterocycles. The summed E-state index contributed by atoms with van der Waals surface area (Å²) in [5.74, 6) is -3.15. The molecule has 0 aliphatic heterocycles. The van der Waals surface area contributed by atoms with E-state index in [0.29, 0.717) is 12.1 Å². The molecular formula is C11H12F3NOS. The lowest BCUT2D eigenvalue weighted by Crippen LogP contribution is -2.19. The topological polar surface area (TPSA) is 29.4 Å². The highest BCUT2D eigenvalue weighted by Crippen LogP contribution is 2.15. The number of hydrogen-bond donors (Lipinski definition) is 0. The molecule has 0 aliphatic carbocycles. The van der Waals surface area contributed by atoms with Crippen molar-refractivity contribution in [2.45, 2.75) is 25.5 Å². The molecule has 0 bridgehead atoms. The van der Waals surface area contributed by atoms with E-state index in [1.165, 1.54) is 0 Å². The van der Waals surface area contributed by atoms with Gasteiger partial charge < -0.3 is 0 Å². The van der Waals surface area contributed by atoms with E-state index in [1.807, 2.05) is 0 Å². The summed E-state index contributed by atoms with van der Waals surface area (Å²) >= 11 is 0. The monoisotopic (exact) mass is 263 g/mol. The molecule has 0 unspecified atom stereocenters. The number of hydrogen-bond acceptors (Lipinski definition) is 1. The zero-order valence-corrected chi connectivity index (χ0v) is 10.4. The Morgan fingerprint density at radius 1 is 1.18 bits per heavy atom. The molecule has 0 fully saturated rings. The van der Waals surface area contributed by atoms with E-state index in [2.05, 4.69) is 4.40 Å². The standard InChI is InChI=1S/C11H12F3NOS/c1-11(2,3)17(16)15-6-8-9(13)4-7(12)5-10(8)14/h4-6H,1-3H3/b15-6+/t17-/m0/s1. The third-order valence-electron chi connectivity index (χ3n) is 1.85. The summed E-state index contributed by atoms with van der Waals surface area (Å²) < 4.78 is 53.4. The van der Waals surface area contributed by atoms with Crippen molar-refractivity contribution in [3.05, 3.63) is 35.1 Å². The molecule has 94 valence electrons. The molecule has 1 aromatic carbocycles. The number of rotatable bonds is 2. The molecule has 6 heteroatoms. The smallest absolute Gasteiger partial charge is 0.144 e. The van der Waals surface area contributed by atoms with E-state index in [9.17, 15) is 17.4 Å². The van der Waals surface area contributed by atoms with Crippen molar-refractivity contribution in [2.75, 3.05) is 0 Å². The van der Waals surface area contributed by atoms with Gasteiger partial charge in [-0.3, -0.25) is 0 Å². The first kappa shape index (κ1) is 13.9. The van der Waals surface area contributed by atoms with Gasteiger partial charge >= 0.3 is 0 Å². The van der Waals surface area contributed by atoms with Gasteiger partial charge in [0.2, 0.25) is 0 Å². The van der Waals surface area contributed by atoms with E-state index in [-0.39, 0.29) is 0 Å². The molecule has 17 heavy (non-hydrogen) atoms. The average molecular weight is 263 g/mol. The molecule has 0 heterocycles. The fourth-order valence-electron chi connectivity index (χ4n) is 0.935. The van der Waals surface area contributed by atoms with Crippen LogP contribution in [0.2, 0.25) is 0 Å².